The molecule has 19 heavy (non-hydrogen) atoms. The molecule has 0 heterocycles. The molecule has 0 aliphatic carbocycles. The molecule has 0 spiro atoms. The van der Waals surface area contributed by atoms with Gasteiger partial charge >= 0.3 is 0 Å². The Bertz CT molecular complexity index is 562. The maximum Gasteiger partial charge on any atom is 0.261 e. The first-order chi connectivity index (χ1) is 9.22. The van der Waals surface area contributed by atoms with E-state index in [2.05, 4.69) is 0 Å². The normalized spacial score (nSPS) is 11.9. The van der Waals surface area contributed by atoms with E-state index in [1.165, 1.54) is 6.07 Å². The molecular weight excluding hydrogens is 265 g/mol. The second kappa shape index (κ2) is 6.36. The van der Waals surface area contributed by atoms with Crippen molar-refractivity contribution in [3.63, 3.8) is 0 Å². The molecule has 1 amide bonds. The number of nitrogens with one attached hydrogen (secondary N) is 1. The van der Waals surface area contributed by atoms with Gasteiger partial charge in [0.2, 0.25) is 0 Å². The van der Waals surface area contributed by atoms with Crippen molar-refractivity contribution in [2.75, 3.05) is 0 Å². The zero-order valence-electron chi connectivity index (χ0n) is 9.92. The van der Waals surface area contributed by atoms with Gasteiger partial charge in [0.05, 0.1) is 0 Å². The maximum atomic E-state index is 13.6. The molecule has 0 aliphatic heterocycles. The van der Waals surface area contributed by atoms with Crippen LogP contribution < -0.4 is 5.48 Å². The van der Waals surface area contributed by atoms with Crippen LogP contribution in [-0.4, -0.2) is 11.1 Å². The molecule has 0 aromatic heterocycles. The summed E-state index contributed by atoms with van der Waals surface area (Å²) in [6.45, 7) is 0. The quantitative estimate of drug-likeness (QED) is 0.513. The summed E-state index contributed by atoms with van der Waals surface area (Å²) < 4.78 is 13.6. The predicted molar refractivity (Wildman–Crippen MR) is 71.4 cm³/mol. The van der Waals surface area contributed by atoms with Gasteiger partial charge in [-0.25, -0.2) is 9.87 Å². The number of hydrogen-bond donors (Lipinski definition) is 2. The van der Waals surface area contributed by atoms with Crippen LogP contribution in [0.5, 0.6) is 0 Å². The van der Waals surface area contributed by atoms with Crippen molar-refractivity contribution in [2.45, 2.75) is 10.1 Å². The van der Waals surface area contributed by atoms with Crippen molar-refractivity contribution in [3.8, 4) is 0 Å². The van der Waals surface area contributed by atoms with E-state index in [0.717, 1.165) is 11.8 Å². The van der Waals surface area contributed by atoms with Crippen molar-refractivity contribution in [3.05, 3.63) is 66.0 Å². The van der Waals surface area contributed by atoms with E-state index in [0.29, 0.717) is 10.5 Å². The Morgan fingerprint density at radius 1 is 1.11 bits per heavy atom. The van der Waals surface area contributed by atoms with Crippen LogP contribution in [0.3, 0.4) is 0 Å². The van der Waals surface area contributed by atoms with Gasteiger partial charge < -0.3 is 0 Å². The molecule has 98 valence electrons. The van der Waals surface area contributed by atoms with Crippen molar-refractivity contribution in [1.29, 1.82) is 0 Å². The second-order valence-corrected chi connectivity index (χ2v) is 4.96. The Balaban J connectivity index is 2.30. The lowest BCUT2D eigenvalue weighted by atomic mass is 10.1. The standard InChI is InChI=1S/C14H12FNO2S/c15-11-8-4-5-9-12(11)19-13(14(17)16-18)10-6-2-1-3-7-10/h1-9,13,18H,(H,16,17). The fourth-order valence-electron chi connectivity index (χ4n) is 1.63. The average molecular weight is 277 g/mol. The van der Waals surface area contributed by atoms with Crippen molar-refractivity contribution in [2.24, 2.45) is 0 Å². The topological polar surface area (TPSA) is 49.3 Å². The van der Waals surface area contributed by atoms with E-state index in [-0.39, 0.29) is 5.82 Å². The molecule has 3 nitrogen and oxygen atoms in total. The van der Waals surface area contributed by atoms with Gasteiger partial charge in [-0.3, -0.25) is 10.0 Å². The van der Waals surface area contributed by atoms with Crippen LogP contribution in [0.2, 0.25) is 0 Å². The van der Waals surface area contributed by atoms with Gasteiger partial charge in [-0.15, -0.1) is 11.8 Å². The monoisotopic (exact) mass is 277 g/mol. The molecule has 5 heteroatoms. The molecule has 2 rings (SSSR count). The smallest absolute Gasteiger partial charge is 0.261 e. The summed E-state index contributed by atoms with van der Waals surface area (Å²) in [5.74, 6) is -0.973. The van der Waals surface area contributed by atoms with E-state index in [1.54, 1.807) is 47.9 Å². The molecule has 1 atom stereocenters. The van der Waals surface area contributed by atoms with Gasteiger partial charge in [0.15, 0.2) is 0 Å². The molecule has 0 radical (unpaired) electrons. The number of rotatable bonds is 4. The van der Waals surface area contributed by atoms with E-state index in [4.69, 9.17) is 5.21 Å². The lowest BCUT2D eigenvalue weighted by molar-refractivity contribution is -0.128. The van der Waals surface area contributed by atoms with E-state index in [9.17, 15) is 9.18 Å². The summed E-state index contributed by atoms with van der Waals surface area (Å²) in [6.07, 6.45) is 0. The van der Waals surface area contributed by atoms with Gasteiger partial charge in [0.1, 0.15) is 11.1 Å². The van der Waals surface area contributed by atoms with Crippen LogP contribution in [0.15, 0.2) is 59.5 Å². The molecule has 0 saturated heterocycles. The molecule has 2 N–H and O–H groups in total. The largest absolute Gasteiger partial charge is 0.289 e. The molecular formula is C14H12FNO2S. The Kier molecular flexibility index (Phi) is 4.54. The number of halogens is 1. The van der Waals surface area contributed by atoms with E-state index in [1.807, 2.05) is 6.07 Å². The minimum atomic E-state index is -0.705. The third kappa shape index (κ3) is 3.33. The molecule has 0 saturated carbocycles. The lowest BCUT2D eigenvalue weighted by Crippen LogP contribution is -2.24. The first-order valence-electron chi connectivity index (χ1n) is 5.62. The molecule has 1 unspecified atom stereocenters. The number of thioether (sulfide) groups is 1. The molecule has 0 aliphatic rings. The van der Waals surface area contributed by atoms with Crippen molar-refractivity contribution < 1.29 is 14.4 Å². The third-order valence-electron chi connectivity index (χ3n) is 2.53. The maximum absolute atomic E-state index is 13.6. The van der Waals surface area contributed by atoms with Gasteiger partial charge in [-0.2, -0.15) is 0 Å². The van der Waals surface area contributed by atoms with Crippen LogP contribution in [0.1, 0.15) is 10.8 Å². The fraction of sp³-hybridized carbons (Fsp3) is 0.0714. The first-order valence-corrected chi connectivity index (χ1v) is 6.50. The van der Waals surface area contributed by atoms with Crippen molar-refractivity contribution >= 4 is 17.7 Å². The predicted octanol–water partition coefficient (Wildman–Crippen LogP) is 3.16. The van der Waals surface area contributed by atoms with Crippen LogP contribution in [0.4, 0.5) is 4.39 Å². The minimum Gasteiger partial charge on any atom is -0.289 e. The SMILES string of the molecule is O=C(NO)C(Sc1ccccc1F)c1ccccc1. The summed E-state index contributed by atoms with van der Waals surface area (Å²) in [5.41, 5.74) is 2.32. The van der Waals surface area contributed by atoms with Crippen LogP contribution >= 0.6 is 11.8 Å². The van der Waals surface area contributed by atoms with Gasteiger partial charge in [-0.1, -0.05) is 42.5 Å². The Labute approximate surface area is 114 Å². The fourth-order valence-corrected chi connectivity index (χ4v) is 2.67. The number of hydroxylamine groups is 1. The summed E-state index contributed by atoms with van der Waals surface area (Å²) in [4.78, 5) is 12.1. The zero-order chi connectivity index (χ0) is 13.7. The van der Waals surface area contributed by atoms with E-state index >= 15 is 0 Å². The highest BCUT2D eigenvalue weighted by atomic mass is 32.2. The molecule has 2 aromatic carbocycles. The Morgan fingerprint density at radius 2 is 1.74 bits per heavy atom. The minimum absolute atomic E-state index is 0.361. The van der Waals surface area contributed by atoms with E-state index < -0.39 is 11.2 Å². The highest BCUT2D eigenvalue weighted by molar-refractivity contribution is 8.00. The van der Waals surface area contributed by atoms with Gasteiger partial charge in [0, 0.05) is 4.90 Å². The Morgan fingerprint density at radius 3 is 2.37 bits per heavy atom. The summed E-state index contributed by atoms with van der Waals surface area (Å²) >= 11 is 1.05. The zero-order valence-corrected chi connectivity index (χ0v) is 10.7. The summed E-state index contributed by atoms with van der Waals surface area (Å²) in [7, 11) is 0. The van der Waals surface area contributed by atoms with Crippen LogP contribution in [0, 0.1) is 5.82 Å². The molecule has 2 aromatic rings. The van der Waals surface area contributed by atoms with Crippen LogP contribution in [-0.2, 0) is 4.79 Å². The third-order valence-corrected chi connectivity index (χ3v) is 3.84. The van der Waals surface area contributed by atoms with Crippen LogP contribution in [0.25, 0.3) is 0 Å². The number of carbonyl (C=O) groups excluding carboxylic acids is 1. The lowest BCUT2D eigenvalue weighted by Gasteiger charge is -2.15. The van der Waals surface area contributed by atoms with Crippen molar-refractivity contribution in [1.82, 2.24) is 5.48 Å². The van der Waals surface area contributed by atoms with Gasteiger partial charge in [-0.05, 0) is 17.7 Å². The number of benzene rings is 2. The van der Waals surface area contributed by atoms with Gasteiger partial charge in [0.25, 0.3) is 5.91 Å². The highest BCUT2D eigenvalue weighted by Crippen LogP contribution is 2.36. The second-order valence-electron chi connectivity index (χ2n) is 3.82. The highest BCUT2D eigenvalue weighted by Gasteiger charge is 2.22. The molecule has 0 bridgehead atoms. The summed E-state index contributed by atoms with van der Waals surface area (Å²) in [6, 6.07) is 15.1. The number of carbonyl (C=O) groups is 1. The average Bonchev–Trinajstić information content (AvgIpc) is 2.46. The number of hydrogen-bond acceptors (Lipinski definition) is 3. The molecule has 0 fully saturated rings. The summed E-state index contributed by atoms with van der Waals surface area (Å²) in [5, 5.41) is 8.10. The first kappa shape index (κ1) is 13.6. The number of amides is 1. The Hall–Kier alpha value is -1.85.